The second-order valence-corrected chi connectivity index (χ2v) is 7.52. The summed E-state index contributed by atoms with van der Waals surface area (Å²) in [5, 5.41) is 2.72. The number of ether oxygens (including phenoxy) is 2. The predicted molar refractivity (Wildman–Crippen MR) is 103 cm³/mol. The smallest absolute Gasteiger partial charge is 0.416 e. The number of hydrogen-bond donors (Lipinski definition) is 1. The third kappa shape index (κ3) is 5.73. The van der Waals surface area contributed by atoms with Crippen molar-refractivity contribution in [2.24, 2.45) is 0 Å². The van der Waals surface area contributed by atoms with Crippen molar-refractivity contribution in [3.63, 3.8) is 0 Å². The van der Waals surface area contributed by atoms with Gasteiger partial charge in [0.2, 0.25) is 0 Å². The van der Waals surface area contributed by atoms with E-state index in [9.17, 15) is 31.1 Å². The van der Waals surface area contributed by atoms with Gasteiger partial charge in [0.15, 0.2) is 0 Å². The highest BCUT2D eigenvalue weighted by Crippen LogP contribution is 2.39. The lowest BCUT2D eigenvalue weighted by atomic mass is 9.92. The van der Waals surface area contributed by atoms with E-state index in [4.69, 9.17) is 4.74 Å². The van der Waals surface area contributed by atoms with Crippen molar-refractivity contribution in [1.29, 1.82) is 0 Å². The molecule has 174 valence electrons. The molecule has 1 amide bonds. The number of amides is 1. The number of alkyl halides is 6. The van der Waals surface area contributed by atoms with E-state index in [2.05, 4.69) is 10.1 Å². The summed E-state index contributed by atoms with van der Waals surface area (Å²) in [5.41, 5.74) is -2.18. The van der Waals surface area contributed by atoms with Crippen molar-refractivity contribution in [2.45, 2.75) is 49.9 Å². The van der Waals surface area contributed by atoms with Crippen molar-refractivity contribution < 1.29 is 40.6 Å². The Hall–Kier alpha value is -2.75. The van der Waals surface area contributed by atoms with Gasteiger partial charge in [0.1, 0.15) is 0 Å². The Morgan fingerprint density at radius 1 is 0.969 bits per heavy atom. The maximum absolute atomic E-state index is 13.1. The van der Waals surface area contributed by atoms with Crippen LogP contribution in [0, 0.1) is 0 Å². The van der Waals surface area contributed by atoms with Crippen LogP contribution in [-0.2, 0) is 28.4 Å². The molecule has 0 radical (unpaired) electrons. The molecular formula is C22H21F6NO3. The van der Waals surface area contributed by atoms with Gasteiger partial charge in [0.05, 0.1) is 30.9 Å². The van der Waals surface area contributed by atoms with Crippen LogP contribution in [0.25, 0.3) is 0 Å². The molecule has 0 aromatic heterocycles. The normalized spacial score (nSPS) is 21.4. The molecule has 3 rings (SSSR count). The third-order valence-electron chi connectivity index (χ3n) is 5.38. The van der Waals surface area contributed by atoms with E-state index in [1.807, 2.05) is 12.1 Å². The van der Waals surface area contributed by atoms with Crippen LogP contribution in [0.2, 0.25) is 0 Å². The maximum Gasteiger partial charge on any atom is 0.416 e. The molecule has 0 bridgehead atoms. The third-order valence-corrected chi connectivity index (χ3v) is 5.38. The van der Waals surface area contributed by atoms with Gasteiger partial charge in [-0.3, -0.25) is 0 Å². The van der Waals surface area contributed by atoms with Gasteiger partial charge < -0.3 is 14.8 Å². The first-order valence-corrected chi connectivity index (χ1v) is 9.78. The van der Waals surface area contributed by atoms with Crippen LogP contribution < -0.4 is 5.32 Å². The number of carbonyl (C=O) groups excluding carboxylic acids is 1. The van der Waals surface area contributed by atoms with E-state index in [0.717, 1.165) is 5.56 Å². The highest BCUT2D eigenvalue weighted by molar-refractivity contribution is 5.67. The molecule has 0 unspecified atom stereocenters. The molecule has 1 aliphatic rings. The molecule has 4 nitrogen and oxygen atoms in total. The molecule has 0 spiro atoms. The number of rotatable bonds is 5. The molecule has 10 heteroatoms. The van der Waals surface area contributed by atoms with Crippen LogP contribution in [0.5, 0.6) is 0 Å². The van der Waals surface area contributed by atoms with Gasteiger partial charge in [0.25, 0.3) is 0 Å². The van der Waals surface area contributed by atoms with Gasteiger partial charge in [0, 0.05) is 12.0 Å². The summed E-state index contributed by atoms with van der Waals surface area (Å²) in [4.78, 5) is 11.7. The summed E-state index contributed by atoms with van der Waals surface area (Å²) in [6.45, 7) is -0.439. The molecule has 1 saturated carbocycles. The number of alkyl carbamates (subject to hydrolysis) is 1. The van der Waals surface area contributed by atoms with Gasteiger partial charge in [-0.15, -0.1) is 0 Å². The zero-order valence-corrected chi connectivity index (χ0v) is 17.0. The van der Waals surface area contributed by atoms with Crippen molar-refractivity contribution in [2.75, 3.05) is 7.11 Å². The number of methoxy groups -OCH3 is 1. The second-order valence-electron chi connectivity index (χ2n) is 7.52. The molecule has 2 aromatic carbocycles. The molecule has 0 aliphatic heterocycles. The second kappa shape index (κ2) is 9.40. The van der Waals surface area contributed by atoms with Crippen LogP contribution in [0.1, 0.15) is 41.0 Å². The van der Waals surface area contributed by atoms with Crippen molar-refractivity contribution in [1.82, 2.24) is 5.32 Å². The minimum Gasteiger partial charge on any atom is -0.453 e. The van der Waals surface area contributed by atoms with Crippen LogP contribution in [0.15, 0.2) is 48.5 Å². The number of nitrogens with one attached hydrogen (secondary N) is 1. The summed E-state index contributed by atoms with van der Waals surface area (Å²) in [5.74, 6) is -0.344. The summed E-state index contributed by atoms with van der Waals surface area (Å²) in [6.07, 6.45) is -10.0. The standard InChI is InChI=1S/C22H21F6NO3/c1-31-20(30)29-17-7-8-18(19(17)14-5-3-2-4-6-14)32-12-13-9-15(21(23,24)25)11-16(10-13)22(26,27)28/h2-6,9-11,17-19H,7-8,12H2,1H3,(H,29,30)/t17-,18-,19+/m0/s1. The van der Waals surface area contributed by atoms with E-state index in [-0.39, 0.29) is 23.6 Å². The van der Waals surface area contributed by atoms with Gasteiger partial charge in [-0.1, -0.05) is 30.3 Å². The van der Waals surface area contributed by atoms with Gasteiger partial charge in [-0.2, -0.15) is 26.3 Å². The van der Waals surface area contributed by atoms with E-state index in [1.165, 1.54) is 7.11 Å². The maximum atomic E-state index is 13.1. The van der Waals surface area contributed by atoms with Crippen LogP contribution in [0.4, 0.5) is 31.1 Å². The fourth-order valence-corrected chi connectivity index (χ4v) is 3.95. The van der Waals surface area contributed by atoms with Crippen LogP contribution in [-0.4, -0.2) is 25.3 Å². The monoisotopic (exact) mass is 461 g/mol. The van der Waals surface area contributed by atoms with E-state index < -0.39 is 42.3 Å². The lowest BCUT2D eigenvalue weighted by Crippen LogP contribution is -2.38. The van der Waals surface area contributed by atoms with Crippen molar-refractivity contribution in [3.8, 4) is 0 Å². The Labute approximate surface area is 180 Å². The van der Waals surface area contributed by atoms with E-state index in [0.29, 0.717) is 25.0 Å². The number of hydrogen-bond acceptors (Lipinski definition) is 3. The highest BCUT2D eigenvalue weighted by Gasteiger charge is 2.40. The highest BCUT2D eigenvalue weighted by atomic mass is 19.4. The summed E-state index contributed by atoms with van der Waals surface area (Å²) in [6, 6.07) is 10.1. The average molecular weight is 461 g/mol. The molecule has 1 fully saturated rings. The van der Waals surface area contributed by atoms with Crippen molar-refractivity contribution in [3.05, 3.63) is 70.8 Å². The van der Waals surface area contributed by atoms with Crippen LogP contribution in [0.3, 0.4) is 0 Å². The Kier molecular flexibility index (Phi) is 7.02. The zero-order chi connectivity index (χ0) is 23.5. The van der Waals surface area contributed by atoms with E-state index >= 15 is 0 Å². The SMILES string of the molecule is COC(=O)N[C@H]1CC[C@H](OCc2cc(C(F)(F)F)cc(C(F)(F)F)c2)[C@@H]1c1ccccc1. The number of carbonyl (C=O) groups is 1. The molecule has 1 aliphatic carbocycles. The molecule has 32 heavy (non-hydrogen) atoms. The average Bonchev–Trinajstić information content (AvgIpc) is 3.13. The fraction of sp³-hybridized carbons (Fsp3) is 0.409. The largest absolute Gasteiger partial charge is 0.453 e. The minimum absolute atomic E-state index is 0.0855. The fourth-order valence-electron chi connectivity index (χ4n) is 3.95. The Balaban J connectivity index is 1.84. The first-order chi connectivity index (χ1) is 15.0. The summed E-state index contributed by atoms with van der Waals surface area (Å²) in [7, 11) is 1.22. The van der Waals surface area contributed by atoms with Gasteiger partial charge in [-0.25, -0.2) is 4.79 Å². The summed E-state index contributed by atoms with van der Waals surface area (Å²) < 4.78 is 89.1. The number of halogens is 6. The lowest BCUT2D eigenvalue weighted by Gasteiger charge is -2.26. The number of benzene rings is 2. The first-order valence-electron chi connectivity index (χ1n) is 9.78. The quantitative estimate of drug-likeness (QED) is 0.563. The lowest BCUT2D eigenvalue weighted by molar-refractivity contribution is -0.143. The topological polar surface area (TPSA) is 47.6 Å². The minimum atomic E-state index is -4.93. The van der Waals surface area contributed by atoms with Gasteiger partial charge >= 0.3 is 18.4 Å². The molecular weight excluding hydrogens is 440 g/mol. The molecule has 0 heterocycles. The Morgan fingerprint density at radius 2 is 1.56 bits per heavy atom. The van der Waals surface area contributed by atoms with Crippen LogP contribution >= 0.6 is 0 Å². The summed E-state index contributed by atoms with van der Waals surface area (Å²) >= 11 is 0. The van der Waals surface area contributed by atoms with E-state index in [1.54, 1.807) is 18.2 Å². The molecule has 0 saturated heterocycles. The molecule has 2 aromatic rings. The van der Waals surface area contributed by atoms with Gasteiger partial charge in [-0.05, 0) is 42.2 Å². The van der Waals surface area contributed by atoms with Crippen molar-refractivity contribution >= 4 is 6.09 Å². The predicted octanol–water partition coefficient (Wildman–Crippen LogP) is 5.91. The Bertz CT molecular complexity index is 897. The molecule has 3 atom stereocenters. The molecule has 1 N–H and O–H groups in total. The Morgan fingerprint density at radius 3 is 2.09 bits per heavy atom. The zero-order valence-electron chi connectivity index (χ0n) is 17.0. The first kappa shape index (κ1) is 23.9.